The van der Waals surface area contributed by atoms with Crippen molar-refractivity contribution in [1.82, 2.24) is 54.6 Å². The van der Waals surface area contributed by atoms with E-state index < -0.39 is 77.5 Å². The third kappa shape index (κ3) is 17.4. The van der Waals surface area contributed by atoms with Gasteiger partial charge in [0.2, 0.25) is 23.6 Å². The second-order valence-corrected chi connectivity index (χ2v) is 29.6. The Balaban J connectivity index is 0.000000167. The Hall–Kier alpha value is -12.8. The SMILES string of the molecule is COc1cc(-c2cn(C)c(=O)c3ccccc23)cc(OC)c1CN1CCC2(CC1)CNCCO2.COc1cc(-c2cn(C)c(=O)c3cnccc23)cc(OC)c1CN1CCC2(CC1)CN(C(=O)COc1ccc3c(c1)C(=O)N(C1CCC(=O)NC1=O)C3=O)CCO2.O=C(O)COc1ccc2c(c1)C(=O)N(C1CCC(=O)NC1=O)C2=O.O=CO. The summed E-state index contributed by atoms with van der Waals surface area (Å²) in [7, 11) is 10.2. The molecule has 2 spiro atoms. The maximum absolute atomic E-state index is 13.4. The number of ether oxygens (including phenoxy) is 8. The predicted molar refractivity (Wildman–Crippen MR) is 423 cm³/mol. The molecule has 2 unspecified atom stereocenters. The lowest BCUT2D eigenvalue weighted by atomic mass is 9.89. The van der Waals surface area contributed by atoms with E-state index >= 15 is 0 Å². The average Bonchev–Trinajstić information content (AvgIpc) is 1.56. The highest BCUT2D eigenvalue weighted by molar-refractivity contribution is 6.24. The minimum Gasteiger partial charge on any atom is -0.496 e. The van der Waals surface area contributed by atoms with Crippen molar-refractivity contribution in [2.45, 2.75) is 87.7 Å². The number of nitrogens with zero attached hydrogens (tertiary/aromatic N) is 8. The Morgan fingerprint density at radius 3 is 1.44 bits per heavy atom. The van der Waals surface area contributed by atoms with E-state index in [0.717, 1.165) is 118 Å². The van der Waals surface area contributed by atoms with E-state index in [9.17, 15) is 57.5 Å². The fourth-order valence-electron chi connectivity index (χ4n) is 16.3. The number of aliphatic carboxylic acids is 1. The number of methoxy groups -OCH3 is 4. The molecule has 34 nitrogen and oxygen atoms in total. The van der Waals surface area contributed by atoms with Gasteiger partial charge in [-0.05, 0) is 133 Å². The molecule has 618 valence electrons. The van der Waals surface area contributed by atoms with Gasteiger partial charge in [-0.3, -0.25) is 92.8 Å². The lowest BCUT2D eigenvalue weighted by molar-refractivity contribution is -0.161. The number of carboxylic acids is 1. The van der Waals surface area contributed by atoms with Gasteiger partial charge in [-0.15, -0.1) is 0 Å². The molecule has 11 heterocycles. The van der Waals surface area contributed by atoms with Crippen LogP contribution in [0.4, 0.5) is 0 Å². The molecule has 16 rings (SSSR count). The van der Waals surface area contributed by atoms with E-state index in [1.807, 2.05) is 54.9 Å². The smallest absolute Gasteiger partial charge is 0.341 e. The first-order valence-corrected chi connectivity index (χ1v) is 38.3. The minimum atomic E-state index is -1.18. The number of benzene rings is 5. The lowest BCUT2D eigenvalue weighted by Crippen LogP contribution is -2.58. The fraction of sp³-hybridized carbons (Fsp3) is 0.381. The number of imide groups is 4. The van der Waals surface area contributed by atoms with Crippen molar-refractivity contribution in [2.24, 2.45) is 14.1 Å². The molecular formula is C84H89N11O23. The van der Waals surface area contributed by atoms with Crippen molar-refractivity contribution >= 4 is 87.2 Å². The van der Waals surface area contributed by atoms with Gasteiger partial charge in [0, 0.05) is 134 Å². The maximum atomic E-state index is 13.4. The summed E-state index contributed by atoms with van der Waals surface area (Å²) in [6.07, 6.45) is 10.6. The number of piperidine rings is 4. The summed E-state index contributed by atoms with van der Waals surface area (Å²) >= 11 is 0. The first-order valence-electron chi connectivity index (χ1n) is 38.3. The van der Waals surface area contributed by atoms with Crippen LogP contribution in [-0.2, 0) is 70.2 Å². The molecule has 8 aliphatic heterocycles. The van der Waals surface area contributed by atoms with Crippen LogP contribution >= 0.6 is 0 Å². The number of amides is 9. The number of pyridine rings is 3. The van der Waals surface area contributed by atoms with E-state index in [2.05, 4.69) is 42.9 Å². The number of hydrogen-bond acceptors (Lipinski definition) is 25. The predicted octanol–water partition coefficient (Wildman–Crippen LogP) is 4.72. The largest absolute Gasteiger partial charge is 0.496 e. The Labute approximate surface area is 675 Å². The number of hydrogen-bond donors (Lipinski definition) is 5. The molecule has 6 saturated heterocycles. The van der Waals surface area contributed by atoms with Crippen molar-refractivity contribution in [3.05, 3.63) is 170 Å². The Bertz CT molecular complexity index is 5400. The number of likely N-dealkylation sites (tertiary alicyclic amines) is 2. The Morgan fingerprint density at radius 1 is 0.542 bits per heavy atom. The summed E-state index contributed by atoms with van der Waals surface area (Å²) in [6, 6.07) is 23.9. The number of nitrogens with one attached hydrogen (secondary N) is 3. The van der Waals surface area contributed by atoms with Gasteiger partial charge in [0.25, 0.3) is 47.1 Å². The van der Waals surface area contributed by atoms with Gasteiger partial charge in [-0.1, -0.05) is 18.2 Å². The van der Waals surface area contributed by atoms with Crippen LogP contribution in [-0.4, -0.2) is 245 Å². The Kier molecular flexibility index (Phi) is 25.2. The number of carboxylic acid groups (broad SMARTS) is 2. The van der Waals surface area contributed by atoms with E-state index in [1.54, 1.807) is 69.0 Å². The van der Waals surface area contributed by atoms with Crippen LogP contribution in [0.25, 0.3) is 43.8 Å². The molecule has 0 radical (unpaired) electrons. The molecule has 5 aromatic carbocycles. The maximum Gasteiger partial charge on any atom is 0.341 e. The van der Waals surface area contributed by atoms with Gasteiger partial charge in [-0.25, -0.2) is 4.79 Å². The second kappa shape index (κ2) is 35.8. The third-order valence-corrected chi connectivity index (χ3v) is 22.5. The summed E-state index contributed by atoms with van der Waals surface area (Å²) < 4.78 is 50.0. The summed E-state index contributed by atoms with van der Waals surface area (Å²) in [6.45, 7) is 7.46. The zero-order valence-corrected chi connectivity index (χ0v) is 65.8. The third-order valence-electron chi connectivity index (χ3n) is 22.5. The monoisotopic (exact) mass is 1620 g/mol. The average molecular weight is 1620 g/mol. The molecule has 8 aliphatic rings. The molecule has 118 heavy (non-hydrogen) atoms. The van der Waals surface area contributed by atoms with Crippen LogP contribution in [0.15, 0.2) is 125 Å². The molecular weight excluding hydrogens is 1530 g/mol. The number of fused-ring (bicyclic) bond motifs is 4. The zero-order chi connectivity index (χ0) is 83.9. The summed E-state index contributed by atoms with van der Waals surface area (Å²) in [5.74, 6) is -2.96. The molecule has 5 N–H and O–H groups in total. The second-order valence-electron chi connectivity index (χ2n) is 29.6. The molecule has 2 atom stereocenters. The highest BCUT2D eigenvalue weighted by Crippen LogP contribution is 2.43. The quantitative estimate of drug-likeness (QED) is 0.0573. The van der Waals surface area contributed by atoms with Crippen LogP contribution in [0.5, 0.6) is 34.5 Å². The van der Waals surface area contributed by atoms with Crippen LogP contribution in [0.2, 0.25) is 0 Å². The van der Waals surface area contributed by atoms with Crippen LogP contribution in [0.1, 0.15) is 104 Å². The van der Waals surface area contributed by atoms with Gasteiger partial charge >= 0.3 is 5.97 Å². The summed E-state index contributed by atoms with van der Waals surface area (Å²) in [5.41, 5.74) is 5.27. The van der Waals surface area contributed by atoms with Gasteiger partial charge in [-0.2, -0.15) is 0 Å². The van der Waals surface area contributed by atoms with Gasteiger partial charge in [0.1, 0.15) is 46.6 Å². The number of rotatable bonds is 18. The number of aryl methyl sites for hydroxylation is 2. The molecule has 9 amide bonds. The summed E-state index contributed by atoms with van der Waals surface area (Å²) in [4.78, 5) is 168. The van der Waals surface area contributed by atoms with Crippen LogP contribution in [0, 0.1) is 0 Å². The first-order chi connectivity index (χ1) is 56.8. The summed E-state index contributed by atoms with van der Waals surface area (Å²) in [5, 5.41) is 26.2. The topological polar surface area (TPSA) is 411 Å². The number of aromatic nitrogens is 3. The standard InChI is InChI=1S/C41H42N6O10.C27H33N3O4.C15H12N2O7.CH2O2/c1-44-20-30(26-8-11-42-19-29(26)38(44)51)24-16-33(54-2)31(34(17-24)55-3)21-45-12-9-41(10-13-45)23-46(14-15-57-41)36(49)22-56-25-4-5-27-28(18-25)40(53)47(39(27)52)32-6-7-35(48)43-37(32)50;1-29-16-22(20-6-4-5-7-21(20)26(29)31)19-14-24(32-2)23(25(15-19)33-3)17-30-11-8-27(9-12-30)18-28-10-13-34-27;18-11-4-3-10(13(21)16-11)17-14(22)8-2-1-7(24-6-12(19)20)5-9(8)15(17)23;2-1-3/h4-5,8,11,16-20,32H,6-7,9-10,12-15,21-23H2,1-3H3,(H,43,48,50);4-7,14-16,28H,8-13,17-18H2,1-3H3;1-2,5,10H,3-4,6H2,(H,19,20)(H,16,18,21);1H,(H,2,3). The van der Waals surface area contributed by atoms with Crippen molar-refractivity contribution < 1.29 is 101 Å². The van der Waals surface area contributed by atoms with Gasteiger partial charge < -0.3 is 67.5 Å². The van der Waals surface area contributed by atoms with E-state index in [1.165, 1.54) is 36.4 Å². The highest BCUT2D eigenvalue weighted by atomic mass is 16.5. The Morgan fingerprint density at radius 2 is 0.983 bits per heavy atom. The number of carbonyl (C=O) groups excluding carboxylic acids is 9. The lowest BCUT2D eigenvalue weighted by Gasteiger charge is -2.47. The molecule has 0 saturated carbocycles. The molecule has 8 aromatic rings. The van der Waals surface area contributed by atoms with Gasteiger partial charge in [0.15, 0.2) is 13.2 Å². The zero-order valence-electron chi connectivity index (χ0n) is 65.8. The van der Waals surface area contributed by atoms with Crippen molar-refractivity contribution in [3.8, 4) is 56.8 Å². The molecule has 6 fully saturated rings. The number of carbonyl (C=O) groups is 11. The van der Waals surface area contributed by atoms with Crippen molar-refractivity contribution in [2.75, 3.05) is 107 Å². The van der Waals surface area contributed by atoms with Crippen molar-refractivity contribution in [3.63, 3.8) is 0 Å². The molecule has 34 heteroatoms. The number of morpholine rings is 2. The van der Waals surface area contributed by atoms with Crippen LogP contribution in [0.3, 0.4) is 0 Å². The van der Waals surface area contributed by atoms with E-state index in [4.69, 9.17) is 52.9 Å². The van der Waals surface area contributed by atoms with E-state index in [-0.39, 0.29) is 95.1 Å². The van der Waals surface area contributed by atoms with Crippen LogP contribution < -0.4 is 55.5 Å². The fourth-order valence-corrected chi connectivity index (χ4v) is 16.3. The van der Waals surface area contributed by atoms with E-state index in [0.29, 0.717) is 74.4 Å². The molecule has 0 aliphatic carbocycles. The first kappa shape index (κ1) is 83.2. The highest BCUT2D eigenvalue weighted by Gasteiger charge is 2.48. The molecule has 0 bridgehead atoms. The molecule has 3 aromatic heterocycles. The van der Waals surface area contributed by atoms with Crippen molar-refractivity contribution in [1.29, 1.82) is 0 Å². The normalized spacial score (nSPS) is 18.9. The minimum absolute atomic E-state index is 0.00471. The van der Waals surface area contributed by atoms with Gasteiger partial charge in [0.05, 0.1) is 91.6 Å².